The Morgan fingerprint density at radius 2 is 2.38 bits per heavy atom. The molecular weight excluding hydrogens is 266 g/mol. The van der Waals surface area contributed by atoms with Crippen LogP contribution in [0.5, 0.6) is 0 Å². The minimum atomic E-state index is -0.326. The fourth-order valence-corrected chi connectivity index (χ4v) is 3.13. The molecule has 5 nitrogen and oxygen atoms in total. The number of piperazine rings is 1. The minimum Gasteiger partial charge on any atom is -0.463 e. The van der Waals surface area contributed by atoms with Gasteiger partial charge in [0.05, 0.1) is 12.3 Å². The van der Waals surface area contributed by atoms with Crippen LogP contribution in [0.3, 0.4) is 0 Å². The summed E-state index contributed by atoms with van der Waals surface area (Å²) >= 11 is 0. The van der Waals surface area contributed by atoms with Gasteiger partial charge in [-0.05, 0) is 38.0 Å². The number of carbonyl (C=O) groups is 1. The Kier molecular flexibility index (Phi) is 3.92. The summed E-state index contributed by atoms with van der Waals surface area (Å²) in [5, 5.41) is 3.46. The monoisotopic (exact) mass is 287 g/mol. The van der Waals surface area contributed by atoms with Crippen molar-refractivity contribution in [3.05, 3.63) is 29.5 Å². The SMILES string of the molecule is CCOC(=O)C=Cc1ccc2c(n1)N1[C@@H](CNC[C@H]1C)C2. The summed E-state index contributed by atoms with van der Waals surface area (Å²) < 4.78 is 4.89. The molecule has 3 rings (SSSR count). The summed E-state index contributed by atoms with van der Waals surface area (Å²) in [5.74, 6) is 0.744. The maximum atomic E-state index is 11.4. The lowest BCUT2D eigenvalue weighted by atomic mass is 10.1. The van der Waals surface area contributed by atoms with Crippen molar-refractivity contribution in [1.82, 2.24) is 10.3 Å². The highest BCUT2D eigenvalue weighted by Gasteiger charge is 2.36. The molecule has 1 aromatic heterocycles. The van der Waals surface area contributed by atoms with Crippen LogP contribution in [0.25, 0.3) is 6.08 Å². The number of esters is 1. The first-order valence-electron chi connectivity index (χ1n) is 7.53. The molecule has 2 atom stereocenters. The van der Waals surface area contributed by atoms with E-state index in [2.05, 4.69) is 23.2 Å². The van der Waals surface area contributed by atoms with E-state index in [1.165, 1.54) is 11.6 Å². The van der Waals surface area contributed by atoms with Gasteiger partial charge in [0.1, 0.15) is 5.82 Å². The average molecular weight is 287 g/mol. The largest absolute Gasteiger partial charge is 0.463 e. The zero-order valence-corrected chi connectivity index (χ0v) is 12.5. The van der Waals surface area contributed by atoms with Crippen LogP contribution in [0.4, 0.5) is 5.82 Å². The molecule has 3 heterocycles. The maximum Gasteiger partial charge on any atom is 0.330 e. The highest BCUT2D eigenvalue weighted by atomic mass is 16.5. The van der Waals surface area contributed by atoms with Gasteiger partial charge in [-0.15, -0.1) is 0 Å². The Hall–Kier alpha value is -1.88. The minimum absolute atomic E-state index is 0.326. The predicted octanol–water partition coefficient (Wildman–Crippen LogP) is 1.38. The van der Waals surface area contributed by atoms with Crippen LogP contribution in [0.15, 0.2) is 18.2 Å². The molecular formula is C16H21N3O2. The van der Waals surface area contributed by atoms with Gasteiger partial charge in [0.15, 0.2) is 0 Å². The molecule has 1 fully saturated rings. The molecule has 0 radical (unpaired) electrons. The standard InChI is InChI=1S/C16H21N3O2/c1-3-21-15(20)7-6-13-5-4-12-8-14-10-17-9-11(2)19(14)16(12)18-13/h4-7,11,14,17H,3,8-10H2,1-2H3/t11-,14-/m1/s1. The number of hydrogen-bond acceptors (Lipinski definition) is 5. The molecule has 0 spiro atoms. The number of hydrogen-bond donors (Lipinski definition) is 1. The molecule has 1 N–H and O–H groups in total. The van der Waals surface area contributed by atoms with E-state index in [9.17, 15) is 4.79 Å². The number of nitrogens with one attached hydrogen (secondary N) is 1. The van der Waals surface area contributed by atoms with Gasteiger partial charge in [0.25, 0.3) is 0 Å². The summed E-state index contributed by atoms with van der Waals surface area (Å²) in [6.45, 7) is 6.40. The van der Waals surface area contributed by atoms with Crippen LogP contribution in [-0.2, 0) is 16.0 Å². The fourth-order valence-electron chi connectivity index (χ4n) is 3.13. The fraction of sp³-hybridized carbons (Fsp3) is 0.500. The lowest BCUT2D eigenvalue weighted by Gasteiger charge is -2.37. The number of carbonyl (C=O) groups excluding carboxylic acids is 1. The Balaban J connectivity index is 1.82. The first kappa shape index (κ1) is 14.1. The van der Waals surface area contributed by atoms with Crippen LogP contribution >= 0.6 is 0 Å². The number of aromatic nitrogens is 1. The first-order valence-corrected chi connectivity index (χ1v) is 7.53. The molecule has 1 aromatic rings. The summed E-state index contributed by atoms with van der Waals surface area (Å²) in [6.07, 6.45) is 4.20. The lowest BCUT2D eigenvalue weighted by molar-refractivity contribution is -0.137. The molecule has 0 saturated carbocycles. The van der Waals surface area contributed by atoms with Gasteiger partial charge in [-0.25, -0.2) is 9.78 Å². The van der Waals surface area contributed by atoms with E-state index in [-0.39, 0.29) is 5.97 Å². The van der Waals surface area contributed by atoms with Gasteiger partial charge < -0.3 is 15.0 Å². The summed E-state index contributed by atoms with van der Waals surface area (Å²) in [4.78, 5) is 18.5. The Morgan fingerprint density at radius 3 is 3.19 bits per heavy atom. The van der Waals surface area contributed by atoms with Crippen LogP contribution in [0.1, 0.15) is 25.1 Å². The normalized spacial score (nSPS) is 24.0. The third-order valence-corrected chi connectivity index (χ3v) is 4.04. The van der Waals surface area contributed by atoms with Gasteiger partial charge in [-0.2, -0.15) is 0 Å². The van der Waals surface area contributed by atoms with Crippen molar-refractivity contribution in [2.24, 2.45) is 0 Å². The van der Waals surface area contributed by atoms with Gasteiger partial charge >= 0.3 is 5.97 Å². The molecule has 1 saturated heterocycles. The molecule has 0 unspecified atom stereocenters. The summed E-state index contributed by atoms with van der Waals surface area (Å²) in [5.41, 5.74) is 2.09. The second-order valence-electron chi connectivity index (χ2n) is 5.58. The second kappa shape index (κ2) is 5.85. The molecule has 2 aliphatic rings. The topological polar surface area (TPSA) is 54.5 Å². The van der Waals surface area contributed by atoms with E-state index in [0.717, 1.165) is 31.0 Å². The van der Waals surface area contributed by atoms with E-state index in [4.69, 9.17) is 9.72 Å². The first-order chi connectivity index (χ1) is 10.2. The van der Waals surface area contributed by atoms with Gasteiger partial charge in [-0.3, -0.25) is 0 Å². The van der Waals surface area contributed by atoms with Gasteiger partial charge in [0.2, 0.25) is 0 Å². The van der Waals surface area contributed by atoms with Crippen molar-refractivity contribution in [1.29, 1.82) is 0 Å². The van der Waals surface area contributed by atoms with Crippen molar-refractivity contribution < 1.29 is 9.53 Å². The Bertz CT molecular complexity index is 571. The average Bonchev–Trinajstić information content (AvgIpc) is 2.84. The van der Waals surface area contributed by atoms with Crippen molar-refractivity contribution in [3.8, 4) is 0 Å². The molecule has 21 heavy (non-hydrogen) atoms. The molecule has 0 aliphatic carbocycles. The molecule has 2 aliphatic heterocycles. The van der Waals surface area contributed by atoms with E-state index >= 15 is 0 Å². The lowest BCUT2D eigenvalue weighted by Crippen LogP contribution is -2.55. The van der Waals surface area contributed by atoms with Crippen LogP contribution in [0, 0.1) is 0 Å². The smallest absolute Gasteiger partial charge is 0.330 e. The third-order valence-electron chi connectivity index (χ3n) is 4.04. The van der Waals surface area contributed by atoms with Gasteiger partial charge in [0, 0.05) is 31.2 Å². The molecule has 0 bridgehead atoms. The third kappa shape index (κ3) is 2.78. The second-order valence-corrected chi connectivity index (χ2v) is 5.58. The summed E-state index contributed by atoms with van der Waals surface area (Å²) in [6, 6.07) is 5.03. The van der Waals surface area contributed by atoms with Crippen molar-refractivity contribution in [3.63, 3.8) is 0 Å². The van der Waals surface area contributed by atoms with E-state index in [1.54, 1.807) is 13.0 Å². The van der Waals surface area contributed by atoms with Crippen molar-refractivity contribution >= 4 is 17.9 Å². The number of fused-ring (bicyclic) bond motifs is 3. The number of ether oxygens (including phenoxy) is 1. The van der Waals surface area contributed by atoms with Crippen LogP contribution in [0.2, 0.25) is 0 Å². The highest BCUT2D eigenvalue weighted by Crippen LogP contribution is 2.33. The molecule has 0 aromatic carbocycles. The quantitative estimate of drug-likeness (QED) is 0.672. The van der Waals surface area contributed by atoms with Crippen LogP contribution < -0.4 is 10.2 Å². The number of nitrogens with zero attached hydrogens (tertiary/aromatic N) is 2. The van der Waals surface area contributed by atoms with E-state index in [1.807, 2.05) is 6.07 Å². The van der Waals surface area contributed by atoms with E-state index < -0.39 is 0 Å². The zero-order chi connectivity index (χ0) is 14.8. The number of rotatable bonds is 3. The van der Waals surface area contributed by atoms with Crippen LogP contribution in [-0.4, -0.2) is 42.7 Å². The maximum absolute atomic E-state index is 11.4. The predicted molar refractivity (Wildman–Crippen MR) is 82.2 cm³/mol. The van der Waals surface area contributed by atoms with Crippen molar-refractivity contribution in [2.45, 2.75) is 32.4 Å². The Morgan fingerprint density at radius 1 is 1.52 bits per heavy atom. The molecule has 112 valence electrons. The van der Waals surface area contributed by atoms with E-state index in [0.29, 0.717) is 18.7 Å². The zero-order valence-electron chi connectivity index (χ0n) is 12.5. The molecule has 5 heteroatoms. The van der Waals surface area contributed by atoms with Gasteiger partial charge in [-0.1, -0.05) is 6.07 Å². The summed E-state index contributed by atoms with van der Waals surface area (Å²) in [7, 11) is 0. The molecule has 0 amide bonds. The highest BCUT2D eigenvalue weighted by molar-refractivity contribution is 5.86. The number of anilines is 1. The Labute approximate surface area is 125 Å². The van der Waals surface area contributed by atoms with Crippen molar-refractivity contribution in [2.75, 3.05) is 24.6 Å². The number of pyridine rings is 1.